The Kier molecular flexibility index (Phi) is 3.56. The van der Waals surface area contributed by atoms with Crippen LogP contribution in [0.1, 0.15) is 35.7 Å². The van der Waals surface area contributed by atoms with Gasteiger partial charge in [-0.3, -0.25) is 0 Å². The van der Waals surface area contributed by atoms with Crippen LogP contribution < -0.4 is 4.74 Å². The topological polar surface area (TPSA) is 48.4 Å². The minimum atomic E-state index is -0.479. The third kappa shape index (κ3) is 2.79. The van der Waals surface area contributed by atoms with Gasteiger partial charge in [-0.05, 0) is 42.0 Å². The molecule has 0 radical (unpaired) electrons. The highest BCUT2D eigenvalue weighted by Crippen LogP contribution is 2.48. The molecule has 1 aliphatic carbocycles. The van der Waals surface area contributed by atoms with Crippen LogP contribution in [0.25, 0.3) is 0 Å². The van der Waals surface area contributed by atoms with Crippen molar-refractivity contribution >= 4 is 5.97 Å². The first-order valence-electron chi connectivity index (χ1n) is 7.04. The van der Waals surface area contributed by atoms with Crippen molar-refractivity contribution in [3.05, 3.63) is 53.5 Å². The van der Waals surface area contributed by atoms with Gasteiger partial charge >= 0.3 is 5.97 Å². The minimum absolute atomic E-state index is 0.111. The van der Waals surface area contributed by atoms with Gasteiger partial charge in [0.15, 0.2) is 11.6 Å². The van der Waals surface area contributed by atoms with E-state index in [4.69, 9.17) is 4.74 Å². The van der Waals surface area contributed by atoms with Gasteiger partial charge in [-0.1, -0.05) is 13.0 Å². The van der Waals surface area contributed by atoms with Crippen LogP contribution in [0.4, 0.5) is 4.39 Å². The van der Waals surface area contributed by atoms with Crippen molar-refractivity contribution in [3.8, 4) is 11.6 Å². The van der Waals surface area contributed by atoms with Crippen molar-refractivity contribution < 1.29 is 18.7 Å². The van der Waals surface area contributed by atoms with Crippen molar-refractivity contribution in [2.45, 2.75) is 25.2 Å². The summed E-state index contributed by atoms with van der Waals surface area (Å²) in [5.74, 6) is -0.556. The normalized spacial score (nSPS) is 15.2. The van der Waals surface area contributed by atoms with Gasteiger partial charge in [0.1, 0.15) is 0 Å². The monoisotopic (exact) mass is 301 g/mol. The second-order valence-electron chi connectivity index (χ2n) is 5.68. The number of carbonyl (C=O) groups is 1. The fourth-order valence-corrected chi connectivity index (χ4v) is 2.23. The van der Waals surface area contributed by atoms with Crippen molar-refractivity contribution in [2.24, 2.45) is 0 Å². The summed E-state index contributed by atoms with van der Waals surface area (Å²) in [4.78, 5) is 15.3. The van der Waals surface area contributed by atoms with Crippen LogP contribution in [0.5, 0.6) is 11.6 Å². The summed E-state index contributed by atoms with van der Waals surface area (Å²) in [5.41, 5.74) is 1.42. The van der Waals surface area contributed by atoms with Crippen LogP contribution in [0.15, 0.2) is 36.5 Å². The Bertz CT molecular complexity index is 708. The molecular formula is C17H16FNO3. The lowest BCUT2D eigenvalue weighted by Gasteiger charge is -2.11. The highest BCUT2D eigenvalue weighted by atomic mass is 19.1. The molecule has 3 rings (SSSR count). The van der Waals surface area contributed by atoms with E-state index in [0.29, 0.717) is 5.56 Å². The number of hydrogen-bond donors (Lipinski definition) is 0. The Morgan fingerprint density at radius 2 is 2.05 bits per heavy atom. The average molecular weight is 301 g/mol. The number of halogens is 1. The molecule has 0 unspecified atom stereocenters. The van der Waals surface area contributed by atoms with E-state index in [9.17, 15) is 9.18 Å². The molecule has 1 aromatic heterocycles. The summed E-state index contributed by atoms with van der Waals surface area (Å²) >= 11 is 0. The largest absolute Gasteiger partial charge is 0.465 e. The number of methoxy groups -OCH3 is 1. The molecule has 2 aromatic rings. The van der Waals surface area contributed by atoms with Crippen molar-refractivity contribution in [2.75, 3.05) is 7.11 Å². The first-order valence-corrected chi connectivity index (χ1v) is 7.04. The number of nitrogens with zero attached hydrogens (tertiary/aromatic N) is 1. The molecular weight excluding hydrogens is 285 g/mol. The zero-order valence-electron chi connectivity index (χ0n) is 12.4. The number of pyridine rings is 1. The third-order valence-electron chi connectivity index (χ3n) is 4.00. The SMILES string of the molecule is COC(=O)c1ccc(Oc2ccc(C3(C)CC3)cc2F)nc1. The van der Waals surface area contributed by atoms with E-state index in [1.807, 2.05) is 6.07 Å². The Morgan fingerprint density at radius 3 is 2.59 bits per heavy atom. The lowest BCUT2D eigenvalue weighted by Crippen LogP contribution is -2.02. The van der Waals surface area contributed by atoms with Gasteiger partial charge in [0.2, 0.25) is 5.88 Å². The summed E-state index contributed by atoms with van der Waals surface area (Å²) in [6.45, 7) is 2.12. The lowest BCUT2D eigenvalue weighted by molar-refractivity contribution is 0.0600. The van der Waals surface area contributed by atoms with E-state index in [2.05, 4.69) is 16.6 Å². The Morgan fingerprint density at radius 1 is 1.27 bits per heavy atom. The number of aromatic nitrogens is 1. The first-order chi connectivity index (χ1) is 10.5. The molecule has 1 aliphatic rings. The van der Waals surface area contributed by atoms with Gasteiger partial charge < -0.3 is 9.47 Å². The molecule has 5 heteroatoms. The fraction of sp³-hybridized carbons (Fsp3) is 0.294. The standard InChI is InChI=1S/C17H16FNO3/c1-17(7-8-17)12-4-5-14(13(18)9-12)22-15-6-3-11(10-19-15)16(20)21-2/h3-6,9-10H,7-8H2,1-2H3. The molecule has 1 fully saturated rings. The molecule has 0 spiro atoms. The number of carbonyl (C=O) groups excluding carboxylic acids is 1. The van der Waals surface area contributed by atoms with Crippen LogP contribution in [0.3, 0.4) is 0 Å². The van der Waals surface area contributed by atoms with E-state index >= 15 is 0 Å². The van der Waals surface area contributed by atoms with Crippen LogP contribution in [-0.2, 0) is 10.2 Å². The van der Waals surface area contributed by atoms with Gasteiger partial charge in [0.05, 0.1) is 12.7 Å². The Balaban J connectivity index is 1.77. The number of rotatable bonds is 4. The summed E-state index contributed by atoms with van der Waals surface area (Å²) in [7, 11) is 1.30. The molecule has 1 aromatic carbocycles. The Labute approximate surface area is 127 Å². The summed E-state index contributed by atoms with van der Waals surface area (Å²) in [6, 6.07) is 8.04. The molecule has 22 heavy (non-hydrogen) atoms. The first kappa shape index (κ1) is 14.5. The van der Waals surface area contributed by atoms with Gasteiger partial charge in [-0.15, -0.1) is 0 Å². The molecule has 0 saturated heterocycles. The average Bonchev–Trinajstić information content (AvgIpc) is 3.28. The predicted octanol–water partition coefficient (Wildman–Crippen LogP) is 3.85. The van der Waals surface area contributed by atoms with Crippen LogP contribution in [0, 0.1) is 5.82 Å². The predicted molar refractivity (Wildman–Crippen MR) is 78.6 cm³/mol. The minimum Gasteiger partial charge on any atom is -0.465 e. The fourth-order valence-electron chi connectivity index (χ4n) is 2.23. The highest BCUT2D eigenvalue weighted by Gasteiger charge is 2.39. The van der Waals surface area contributed by atoms with Gasteiger partial charge in [0, 0.05) is 12.3 Å². The van der Waals surface area contributed by atoms with Gasteiger partial charge in [-0.2, -0.15) is 0 Å². The number of esters is 1. The van der Waals surface area contributed by atoms with Gasteiger partial charge in [0.25, 0.3) is 0 Å². The summed E-state index contributed by atoms with van der Waals surface area (Å²) < 4.78 is 24.1. The third-order valence-corrected chi connectivity index (χ3v) is 4.00. The number of ether oxygens (including phenoxy) is 2. The zero-order chi connectivity index (χ0) is 15.7. The van der Waals surface area contributed by atoms with Crippen LogP contribution >= 0.6 is 0 Å². The maximum absolute atomic E-state index is 14.1. The van der Waals surface area contributed by atoms with Crippen molar-refractivity contribution in [3.63, 3.8) is 0 Å². The van der Waals surface area contributed by atoms with Crippen molar-refractivity contribution in [1.82, 2.24) is 4.98 Å². The van der Waals surface area contributed by atoms with Gasteiger partial charge in [-0.25, -0.2) is 14.2 Å². The van der Waals surface area contributed by atoms with E-state index in [1.165, 1.54) is 31.5 Å². The molecule has 0 atom stereocenters. The Hall–Kier alpha value is -2.43. The maximum Gasteiger partial charge on any atom is 0.339 e. The second-order valence-corrected chi connectivity index (χ2v) is 5.68. The molecule has 0 bridgehead atoms. The second kappa shape index (κ2) is 5.40. The number of benzene rings is 1. The smallest absolute Gasteiger partial charge is 0.339 e. The maximum atomic E-state index is 14.1. The molecule has 1 heterocycles. The molecule has 114 valence electrons. The zero-order valence-corrected chi connectivity index (χ0v) is 12.4. The molecule has 1 saturated carbocycles. The molecule has 0 N–H and O–H groups in total. The molecule has 0 amide bonds. The van der Waals surface area contributed by atoms with E-state index in [1.54, 1.807) is 6.07 Å². The lowest BCUT2D eigenvalue weighted by atomic mass is 9.98. The van der Waals surface area contributed by atoms with E-state index in [0.717, 1.165) is 18.4 Å². The summed E-state index contributed by atoms with van der Waals surface area (Å²) in [6.07, 6.45) is 3.51. The van der Waals surface area contributed by atoms with Crippen LogP contribution in [0.2, 0.25) is 0 Å². The molecule has 0 aliphatic heterocycles. The quantitative estimate of drug-likeness (QED) is 0.805. The number of hydrogen-bond acceptors (Lipinski definition) is 4. The van der Waals surface area contributed by atoms with Crippen LogP contribution in [-0.4, -0.2) is 18.1 Å². The van der Waals surface area contributed by atoms with E-state index in [-0.39, 0.29) is 17.0 Å². The highest BCUT2D eigenvalue weighted by molar-refractivity contribution is 5.88. The van der Waals surface area contributed by atoms with E-state index < -0.39 is 11.8 Å². The van der Waals surface area contributed by atoms with Crippen molar-refractivity contribution in [1.29, 1.82) is 0 Å². The molecule has 4 nitrogen and oxygen atoms in total. The summed E-state index contributed by atoms with van der Waals surface area (Å²) in [5, 5.41) is 0.